The van der Waals surface area contributed by atoms with Gasteiger partial charge >= 0.3 is 0 Å². The van der Waals surface area contributed by atoms with Crippen LogP contribution in [0.4, 0.5) is 0 Å². The fraction of sp³-hybridized carbons (Fsp3) is 0. The molecule has 0 radical (unpaired) electrons. The van der Waals surface area contributed by atoms with Crippen LogP contribution in [0.5, 0.6) is 0 Å². The van der Waals surface area contributed by atoms with Gasteiger partial charge in [0.15, 0.2) is 0 Å². The van der Waals surface area contributed by atoms with Gasteiger partial charge in [-0.05, 0) is 122 Å². The second-order valence-corrected chi connectivity index (χ2v) is 19.2. The molecule has 0 N–H and O–H groups in total. The van der Waals surface area contributed by atoms with E-state index in [0.717, 1.165) is 117 Å². The van der Waals surface area contributed by atoms with Crippen LogP contribution in [0.25, 0.3) is 149 Å². The monoisotopic (exact) mass is 928 g/mol. The first-order valence-electron chi connectivity index (χ1n) is 24.8. The lowest BCUT2D eigenvalue weighted by molar-refractivity contribution is 1.10. The summed E-state index contributed by atoms with van der Waals surface area (Å²) < 4.78 is 6.95. The summed E-state index contributed by atoms with van der Waals surface area (Å²) in [5.41, 5.74) is 19.4. The maximum atomic E-state index is 5.55. The molecule has 16 rings (SSSR count). The average molecular weight is 929 g/mol. The zero-order valence-electron chi connectivity index (χ0n) is 39.3. The largest absolute Gasteiger partial charge is 0.292 e. The van der Waals surface area contributed by atoms with Crippen LogP contribution in [0.2, 0.25) is 0 Å². The second kappa shape index (κ2) is 15.3. The number of nitrogens with zero attached hydrogens (tertiary/aromatic N) is 6. The number of fused-ring (bicyclic) bond motifs is 18. The Bertz CT molecular complexity index is 4960. The lowest BCUT2D eigenvalue weighted by atomic mass is 9.96. The molecular formula is C67H40N6. The fourth-order valence-electron chi connectivity index (χ4n) is 11.7. The first-order valence-corrected chi connectivity index (χ1v) is 24.8. The SMILES string of the molecule is c1ccc(-n2c(-c3ccc(-c4ccc5c(c4)c4ccccc4c4nc6ccccc6n54)cc3)nc3c(-c4ccc5ccc(-c6ccc7c8ccccc8c8nc9ccccc9n8c7c6)cc5c4)cccc32)cc1. The van der Waals surface area contributed by atoms with Gasteiger partial charge in [-0.25, -0.2) is 15.0 Å². The highest BCUT2D eigenvalue weighted by Crippen LogP contribution is 2.40. The number of imidazole rings is 3. The number of aromatic nitrogens is 6. The topological polar surface area (TPSA) is 52.4 Å². The van der Waals surface area contributed by atoms with E-state index in [2.05, 4.69) is 256 Å². The number of pyridine rings is 2. The molecule has 0 aliphatic heterocycles. The van der Waals surface area contributed by atoms with Crippen LogP contribution >= 0.6 is 0 Å². The van der Waals surface area contributed by atoms with E-state index in [1.54, 1.807) is 0 Å². The van der Waals surface area contributed by atoms with E-state index in [0.29, 0.717) is 0 Å². The molecule has 0 fully saturated rings. The van der Waals surface area contributed by atoms with Gasteiger partial charge < -0.3 is 0 Å². The molecule has 0 aliphatic rings. The van der Waals surface area contributed by atoms with Crippen LogP contribution in [-0.4, -0.2) is 28.3 Å². The molecule has 11 aromatic carbocycles. The van der Waals surface area contributed by atoms with Gasteiger partial charge in [-0.15, -0.1) is 0 Å². The Balaban J connectivity index is 0.805. The van der Waals surface area contributed by atoms with Crippen LogP contribution in [-0.2, 0) is 0 Å². The second-order valence-electron chi connectivity index (χ2n) is 19.2. The van der Waals surface area contributed by atoms with Gasteiger partial charge in [0.2, 0.25) is 0 Å². The minimum Gasteiger partial charge on any atom is -0.292 e. The Morgan fingerprint density at radius 3 is 1.55 bits per heavy atom. The van der Waals surface area contributed by atoms with Gasteiger partial charge in [0, 0.05) is 38.4 Å². The smallest absolute Gasteiger partial charge is 0.146 e. The van der Waals surface area contributed by atoms with Crippen LogP contribution in [0.3, 0.4) is 0 Å². The Morgan fingerprint density at radius 2 is 0.808 bits per heavy atom. The fourth-order valence-corrected chi connectivity index (χ4v) is 11.7. The highest BCUT2D eigenvalue weighted by Gasteiger charge is 2.20. The third kappa shape index (κ3) is 5.95. The molecule has 16 aromatic rings. The lowest BCUT2D eigenvalue weighted by Crippen LogP contribution is -1.97. The van der Waals surface area contributed by atoms with E-state index in [9.17, 15) is 0 Å². The van der Waals surface area contributed by atoms with Crippen molar-refractivity contribution in [1.82, 2.24) is 28.3 Å². The normalized spacial score (nSPS) is 12.1. The van der Waals surface area contributed by atoms with Crippen molar-refractivity contribution in [3.05, 3.63) is 243 Å². The average Bonchev–Trinajstić information content (AvgIpc) is 4.18. The molecule has 73 heavy (non-hydrogen) atoms. The Labute approximate surface area is 417 Å². The summed E-state index contributed by atoms with van der Waals surface area (Å²) in [6, 6.07) is 87.5. The van der Waals surface area contributed by atoms with Crippen molar-refractivity contribution in [2.75, 3.05) is 0 Å². The van der Waals surface area contributed by atoms with Crippen LogP contribution < -0.4 is 0 Å². The quantitative estimate of drug-likeness (QED) is 0.162. The van der Waals surface area contributed by atoms with Crippen molar-refractivity contribution in [3.8, 4) is 50.5 Å². The van der Waals surface area contributed by atoms with Crippen molar-refractivity contribution < 1.29 is 0 Å². The zero-order chi connectivity index (χ0) is 47.7. The molecule has 0 amide bonds. The van der Waals surface area contributed by atoms with E-state index in [1.807, 2.05) is 0 Å². The number of rotatable bonds is 5. The van der Waals surface area contributed by atoms with Crippen molar-refractivity contribution in [2.45, 2.75) is 0 Å². The molecular weight excluding hydrogens is 889 g/mol. The maximum absolute atomic E-state index is 5.55. The summed E-state index contributed by atoms with van der Waals surface area (Å²) >= 11 is 0. The summed E-state index contributed by atoms with van der Waals surface area (Å²) in [5, 5.41) is 9.47. The highest BCUT2D eigenvalue weighted by molar-refractivity contribution is 6.16. The molecule has 0 saturated carbocycles. The minimum atomic E-state index is 0.894. The van der Waals surface area contributed by atoms with E-state index in [1.165, 1.54) is 32.3 Å². The summed E-state index contributed by atoms with van der Waals surface area (Å²) in [4.78, 5) is 15.8. The Hall–Kier alpha value is -9.91. The number of hydrogen-bond donors (Lipinski definition) is 0. The molecule has 0 aliphatic carbocycles. The van der Waals surface area contributed by atoms with E-state index >= 15 is 0 Å². The summed E-state index contributed by atoms with van der Waals surface area (Å²) in [6.07, 6.45) is 0. The Kier molecular flexibility index (Phi) is 8.36. The third-order valence-electron chi connectivity index (χ3n) is 15.2. The molecule has 0 bridgehead atoms. The number of benzene rings is 11. The predicted octanol–water partition coefficient (Wildman–Crippen LogP) is 17.1. The van der Waals surface area contributed by atoms with Crippen molar-refractivity contribution >= 4 is 98.5 Å². The molecule has 0 atom stereocenters. The van der Waals surface area contributed by atoms with Crippen LogP contribution in [0.1, 0.15) is 0 Å². The van der Waals surface area contributed by atoms with Crippen molar-refractivity contribution in [2.24, 2.45) is 0 Å². The summed E-state index contributed by atoms with van der Waals surface area (Å²) in [6.45, 7) is 0. The van der Waals surface area contributed by atoms with Gasteiger partial charge in [0.25, 0.3) is 0 Å². The predicted molar refractivity (Wildman–Crippen MR) is 303 cm³/mol. The van der Waals surface area contributed by atoms with E-state index in [4.69, 9.17) is 15.0 Å². The molecule has 6 heteroatoms. The summed E-state index contributed by atoms with van der Waals surface area (Å²) in [7, 11) is 0. The molecule has 338 valence electrons. The highest BCUT2D eigenvalue weighted by atomic mass is 15.1. The molecule has 0 spiro atoms. The van der Waals surface area contributed by atoms with Crippen molar-refractivity contribution in [1.29, 1.82) is 0 Å². The molecule has 5 heterocycles. The van der Waals surface area contributed by atoms with Crippen molar-refractivity contribution in [3.63, 3.8) is 0 Å². The number of para-hydroxylation sites is 6. The van der Waals surface area contributed by atoms with E-state index < -0.39 is 0 Å². The first kappa shape index (κ1) is 39.9. The molecule has 0 saturated heterocycles. The third-order valence-corrected chi connectivity index (χ3v) is 15.2. The first-order chi connectivity index (χ1) is 36.2. The zero-order valence-corrected chi connectivity index (χ0v) is 39.3. The minimum absolute atomic E-state index is 0.894. The van der Waals surface area contributed by atoms with Gasteiger partial charge in [0.1, 0.15) is 17.1 Å². The Morgan fingerprint density at radius 1 is 0.274 bits per heavy atom. The van der Waals surface area contributed by atoms with Gasteiger partial charge in [-0.1, -0.05) is 170 Å². The van der Waals surface area contributed by atoms with Gasteiger partial charge in [0.05, 0.1) is 44.1 Å². The molecule has 6 nitrogen and oxygen atoms in total. The van der Waals surface area contributed by atoms with Gasteiger partial charge in [-0.3, -0.25) is 13.4 Å². The van der Waals surface area contributed by atoms with Gasteiger partial charge in [-0.2, -0.15) is 0 Å². The standard InChI is InChI=1S/C67H40N6/c1-2-13-49(14-3-1)71-62-24-12-19-50(47-32-28-42-27-31-44(37-48(42)38-47)46-33-35-53-51-15-4-6-17-54(51)67-69-58-21-9-11-23-61(58)73(67)63(53)40-46)64(62)70-65(71)43-29-25-41(26-30-43)45-34-36-59-56(39-45)52-16-5-7-18-55(52)66-68-57-20-8-10-22-60(57)72(59)66/h1-40H. The van der Waals surface area contributed by atoms with E-state index in [-0.39, 0.29) is 0 Å². The lowest BCUT2D eigenvalue weighted by Gasteiger charge is -2.12. The maximum Gasteiger partial charge on any atom is 0.146 e. The van der Waals surface area contributed by atoms with Crippen LogP contribution in [0.15, 0.2) is 243 Å². The molecule has 0 unspecified atom stereocenters. The number of hydrogen-bond acceptors (Lipinski definition) is 3. The van der Waals surface area contributed by atoms with Crippen LogP contribution in [0, 0.1) is 0 Å². The summed E-state index contributed by atoms with van der Waals surface area (Å²) in [5.74, 6) is 0.894. The molecule has 5 aromatic heterocycles.